The largest absolute Gasteiger partial charge is 0.480 e. The highest BCUT2D eigenvalue weighted by Gasteiger charge is 2.17. The molecule has 0 saturated carbocycles. The number of carbonyl (C=O) groups excluding carboxylic acids is 1. The average Bonchev–Trinajstić information content (AvgIpc) is 2.08. The van der Waals surface area contributed by atoms with Gasteiger partial charge < -0.3 is 15.5 Å². The van der Waals surface area contributed by atoms with Crippen molar-refractivity contribution in [1.29, 1.82) is 0 Å². The standard InChI is InChI=1S/C9H17NO4S/c1-6(11)5-15-4-3-8(9(13)14)10-7(2)12/h6,8,11H,3-5H2,1-2H3,(H,10,12)(H,13,14). The molecule has 0 aliphatic rings. The monoisotopic (exact) mass is 235 g/mol. The van der Waals surface area contributed by atoms with Crippen LogP contribution in [-0.4, -0.2) is 45.7 Å². The molecule has 0 fully saturated rings. The van der Waals surface area contributed by atoms with Crippen molar-refractivity contribution in [3.8, 4) is 0 Å². The number of carboxylic acids is 1. The molecule has 0 radical (unpaired) electrons. The number of carboxylic acid groups (broad SMARTS) is 1. The van der Waals surface area contributed by atoms with Gasteiger partial charge in [-0.1, -0.05) is 0 Å². The molecule has 88 valence electrons. The van der Waals surface area contributed by atoms with Crippen LogP contribution in [0.5, 0.6) is 0 Å². The third kappa shape index (κ3) is 8.26. The average molecular weight is 235 g/mol. The summed E-state index contributed by atoms with van der Waals surface area (Å²) < 4.78 is 0. The van der Waals surface area contributed by atoms with Gasteiger partial charge in [-0.2, -0.15) is 11.8 Å². The lowest BCUT2D eigenvalue weighted by molar-refractivity contribution is -0.141. The van der Waals surface area contributed by atoms with E-state index in [9.17, 15) is 9.59 Å². The number of aliphatic carboxylic acids is 1. The smallest absolute Gasteiger partial charge is 0.326 e. The van der Waals surface area contributed by atoms with Crippen molar-refractivity contribution < 1.29 is 19.8 Å². The van der Waals surface area contributed by atoms with E-state index in [0.717, 1.165) is 0 Å². The fourth-order valence-electron chi connectivity index (χ4n) is 0.958. The van der Waals surface area contributed by atoms with Crippen LogP contribution < -0.4 is 5.32 Å². The van der Waals surface area contributed by atoms with Crippen LogP contribution in [-0.2, 0) is 9.59 Å². The molecule has 0 saturated heterocycles. The van der Waals surface area contributed by atoms with Gasteiger partial charge >= 0.3 is 5.97 Å². The van der Waals surface area contributed by atoms with E-state index in [0.29, 0.717) is 17.9 Å². The van der Waals surface area contributed by atoms with Crippen molar-refractivity contribution in [2.75, 3.05) is 11.5 Å². The van der Waals surface area contributed by atoms with Crippen LogP contribution in [0.2, 0.25) is 0 Å². The molecule has 2 atom stereocenters. The van der Waals surface area contributed by atoms with Gasteiger partial charge in [-0.05, 0) is 19.1 Å². The lowest BCUT2D eigenvalue weighted by atomic mass is 10.2. The minimum Gasteiger partial charge on any atom is -0.480 e. The molecule has 0 spiro atoms. The Kier molecular flexibility index (Phi) is 7.15. The Bertz CT molecular complexity index is 220. The van der Waals surface area contributed by atoms with E-state index in [4.69, 9.17) is 10.2 Å². The van der Waals surface area contributed by atoms with Crippen molar-refractivity contribution in [2.45, 2.75) is 32.4 Å². The van der Waals surface area contributed by atoms with E-state index >= 15 is 0 Å². The SMILES string of the molecule is CC(=O)NC(CCSCC(C)O)C(=O)O. The summed E-state index contributed by atoms with van der Waals surface area (Å²) in [5.74, 6) is -0.194. The van der Waals surface area contributed by atoms with Gasteiger partial charge in [-0.3, -0.25) is 4.79 Å². The number of nitrogens with one attached hydrogen (secondary N) is 1. The van der Waals surface area contributed by atoms with Crippen LogP contribution in [0, 0.1) is 0 Å². The lowest BCUT2D eigenvalue weighted by Gasteiger charge is -2.12. The molecule has 0 rings (SSSR count). The summed E-state index contributed by atoms with van der Waals surface area (Å²) in [5, 5.41) is 20.1. The lowest BCUT2D eigenvalue weighted by Crippen LogP contribution is -2.39. The Hall–Kier alpha value is -0.750. The van der Waals surface area contributed by atoms with Gasteiger partial charge in [0.1, 0.15) is 6.04 Å². The molecule has 6 heteroatoms. The Morgan fingerprint density at radius 1 is 1.47 bits per heavy atom. The summed E-state index contributed by atoms with van der Waals surface area (Å²) in [6, 6.07) is -0.830. The molecule has 0 heterocycles. The van der Waals surface area contributed by atoms with E-state index in [2.05, 4.69) is 5.32 Å². The van der Waals surface area contributed by atoms with Gasteiger partial charge in [0, 0.05) is 12.7 Å². The molecule has 2 unspecified atom stereocenters. The topological polar surface area (TPSA) is 86.6 Å². The number of carbonyl (C=O) groups is 2. The van der Waals surface area contributed by atoms with Crippen LogP contribution in [0.1, 0.15) is 20.3 Å². The third-order valence-corrected chi connectivity index (χ3v) is 2.83. The van der Waals surface area contributed by atoms with E-state index < -0.39 is 12.0 Å². The van der Waals surface area contributed by atoms with Crippen LogP contribution in [0.3, 0.4) is 0 Å². The summed E-state index contributed by atoms with van der Waals surface area (Å²) in [6.07, 6.45) is -0.0224. The van der Waals surface area contributed by atoms with Crippen molar-refractivity contribution in [1.82, 2.24) is 5.32 Å². The first-order valence-corrected chi connectivity index (χ1v) is 5.84. The minimum atomic E-state index is -1.03. The maximum absolute atomic E-state index is 10.7. The Morgan fingerprint density at radius 2 is 2.07 bits per heavy atom. The summed E-state index contributed by atoms with van der Waals surface area (Å²) >= 11 is 1.47. The van der Waals surface area contributed by atoms with Crippen LogP contribution in [0.25, 0.3) is 0 Å². The fraction of sp³-hybridized carbons (Fsp3) is 0.778. The van der Waals surface area contributed by atoms with E-state index in [1.807, 2.05) is 0 Å². The zero-order valence-electron chi connectivity index (χ0n) is 8.90. The van der Waals surface area contributed by atoms with E-state index in [1.54, 1.807) is 6.92 Å². The zero-order valence-corrected chi connectivity index (χ0v) is 9.71. The molecule has 0 aliphatic carbocycles. The van der Waals surface area contributed by atoms with Gasteiger partial charge in [-0.25, -0.2) is 4.79 Å². The molecule has 0 bridgehead atoms. The molecule has 0 aromatic carbocycles. The summed E-state index contributed by atoms with van der Waals surface area (Å²) in [4.78, 5) is 21.4. The number of thioether (sulfide) groups is 1. The predicted molar refractivity (Wildman–Crippen MR) is 58.9 cm³/mol. The Morgan fingerprint density at radius 3 is 2.47 bits per heavy atom. The normalized spacial score (nSPS) is 14.3. The summed E-state index contributed by atoms with van der Waals surface area (Å²) in [7, 11) is 0. The molecule has 5 nitrogen and oxygen atoms in total. The first-order chi connectivity index (χ1) is 6.93. The second-order valence-corrected chi connectivity index (χ2v) is 4.45. The number of aliphatic hydroxyl groups is 1. The third-order valence-electron chi connectivity index (χ3n) is 1.59. The molecule has 0 aliphatic heterocycles. The molecule has 0 aromatic rings. The molecular formula is C9H17NO4S. The minimum absolute atomic E-state index is 0.345. The summed E-state index contributed by atoms with van der Waals surface area (Å²) in [5.41, 5.74) is 0. The first-order valence-electron chi connectivity index (χ1n) is 4.69. The fourth-order valence-corrected chi connectivity index (χ4v) is 1.87. The van der Waals surface area contributed by atoms with Gasteiger partial charge in [0.25, 0.3) is 0 Å². The maximum atomic E-state index is 10.7. The van der Waals surface area contributed by atoms with Crippen molar-refractivity contribution in [2.24, 2.45) is 0 Å². The van der Waals surface area contributed by atoms with Gasteiger partial charge in [0.15, 0.2) is 0 Å². The van der Waals surface area contributed by atoms with Gasteiger partial charge in [-0.15, -0.1) is 0 Å². The Labute approximate surface area is 93.2 Å². The van der Waals surface area contributed by atoms with E-state index in [-0.39, 0.29) is 12.0 Å². The molecule has 15 heavy (non-hydrogen) atoms. The molecule has 1 amide bonds. The van der Waals surface area contributed by atoms with Crippen molar-refractivity contribution >= 4 is 23.6 Å². The van der Waals surface area contributed by atoms with Crippen LogP contribution in [0.4, 0.5) is 0 Å². The van der Waals surface area contributed by atoms with Crippen molar-refractivity contribution in [3.05, 3.63) is 0 Å². The molecular weight excluding hydrogens is 218 g/mol. The molecule has 0 aromatic heterocycles. The quantitative estimate of drug-likeness (QED) is 0.544. The first kappa shape index (κ1) is 14.2. The van der Waals surface area contributed by atoms with E-state index in [1.165, 1.54) is 18.7 Å². The number of aliphatic hydroxyl groups excluding tert-OH is 1. The van der Waals surface area contributed by atoms with Gasteiger partial charge in [0.2, 0.25) is 5.91 Å². The highest BCUT2D eigenvalue weighted by Crippen LogP contribution is 2.07. The summed E-state index contributed by atoms with van der Waals surface area (Å²) in [6.45, 7) is 2.97. The molecule has 3 N–H and O–H groups in total. The van der Waals surface area contributed by atoms with Gasteiger partial charge in [0.05, 0.1) is 6.10 Å². The van der Waals surface area contributed by atoms with Crippen LogP contribution >= 0.6 is 11.8 Å². The number of rotatable bonds is 7. The highest BCUT2D eigenvalue weighted by atomic mass is 32.2. The predicted octanol–water partition coefficient (Wildman–Crippen LogP) is 0.0798. The number of hydrogen-bond acceptors (Lipinski definition) is 4. The zero-order chi connectivity index (χ0) is 11.8. The second kappa shape index (κ2) is 7.53. The number of hydrogen-bond donors (Lipinski definition) is 3. The van der Waals surface area contributed by atoms with Crippen molar-refractivity contribution in [3.63, 3.8) is 0 Å². The maximum Gasteiger partial charge on any atom is 0.326 e. The van der Waals surface area contributed by atoms with Crippen LogP contribution in [0.15, 0.2) is 0 Å². The Balaban J connectivity index is 3.77. The number of amides is 1. The highest BCUT2D eigenvalue weighted by molar-refractivity contribution is 7.99. The second-order valence-electron chi connectivity index (χ2n) is 3.30.